The van der Waals surface area contributed by atoms with E-state index in [1.54, 1.807) is 7.05 Å². The summed E-state index contributed by atoms with van der Waals surface area (Å²) >= 11 is 6.23. The summed E-state index contributed by atoms with van der Waals surface area (Å²) in [5, 5.41) is 3.07. The molecule has 8 heteroatoms. The van der Waals surface area contributed by atoms with Crippen molar-refractivity contribution in [3.63, 3.8) is 0 Å². The molecule has 3 amide bonds. The number of carbonyl (C=O) groups is 2. The summed E-state index contributed by atoms with van der Waals surface area (Å²) in [5.74, 6) is 0.428. The molecule has 23 heavy (non-hydrogen) atoms. The quantitative estimate of drug-likeness (QED) is 0.833. The van der Waals surface area contributed by atoms with Gasteiger partial charge in [-0.2, -0.15) is 0 Å². The lowest BCUT2D eigenvalue weighted by Crippen LogP contribution is -2.63. The number of imide groups is 1. The van der Waals surface area contributed by atoms with Crippen LogP contribution in [0.4, 0.5) is 10.5 Å². The average molecular weight is 334 g/mol. The maximum Gasteiger partial charge on any atom is 0.325 e. The minimum absolute atomic E-state index is 0.291. The third kappa shape index (κ3) is 1.99. The highest BCUT2D eigenvalue weighted by atomic mass is 35.5. The van der Waals surface area contributed by atoms with E-state index in [0.717, 1.165) is 23.8 Å². The summed E-state index contributed by atoms with van der Waals surface area (Å²) in [4.78, 5) is 34.1. The van der Waals surface area contributed by atoms with Gasteiger partial charge in [0.25, 0.3) is 5.91 Å². The monoisotopic (exact) mass is 333 g/mol. The molecule has 4 rings (SSSR count). The Kier molecular flexibility index (Phi) is 3.02. The molecule has 0 spiro atoms. The maximum atomic E-state index is 12.2. The summed E-state index contributed by atoms with van der Waals surface area (Å²) < 4.78 is 0. The van der Waals surface area contributed by atoms with Crippen LogP contribution < -0.4 is 10.2 Å². The maximum absolute atomic E-state index is 12.2. The van der Waals surface area contributed by atoms with E-state index in [0.29, 0.717) is 11.6 Å². The van der Waals surface area contributed by atoms with E-state index < -0.39 is 18.2 Å². The van der Waals surface area contributed by atoms with Gasteiger partial charge in [0, 0.05) is 30.8 Å². The van der Waals surface area contributed by atoms with Crippen molar-refractivity contribution in [1.82, 2.24) is 15.1 Å². The molecule has 7 nitrogen and oxygen atoms in total. The Morgan fingerprint density at radius 1 is 1.30 bits per heavy atom. The van der Waals surface area contributed by atoms with E-state index >= 15 is 0 Å². The standard InChI is InChI=1S/C15H16ClN5O2/c1-8-3-4-9(7-10(8)16)20-5-6-21-11-12(17-14(20)21)19(2)15(23)18-13(11)22/h3-4,7,11-12H,5-6H2,1-2H3,(H,18,22,23). The molecule has 0 saturated carbocycles. The second-order valence-electron chi connectivity index (χ2n) is 5.97. The SMILES string of the molecule is Cc1ccc(N2CCN3C2=NC2C3C(=O)NC(=O)N2C)cc1Cl. The van der Waals surface area contributed by atoms with Crippen LogP contribution in [0.15, 0.2) is 23.2 Å². The smallest absolute Gasteiger partial charge is 0.325 e. The number of nitrogens with one attached hydrogen (secondary N) is 1. The summed E-state index contributed by atoms with van der Waals surface area (Å²) in [7, 11) is 1.65. The molecule has 1 N–H and O–H groups in total. The Morgan fingerprint density at radius 3 is 2.83 bits per heavy atom. The second kappa shape index (κ2) is 4.86. The van der Waals surface area contributed by atoms with Crippen LogP contribution in [0.5, 0.6) is 0 Å². The number of benzene rings is 1. The van der Waals surface area contributed by atoms with Crippen molar-refractivity contribution >= 4 is 35.2 Å². The molecular formula is C15H16ClN5O2. The van der Waals surface area contributed by atoms with Crippen molar-refractivity contribution in [2.45, 2.75) is 19.1 Å². The summed E-state index contributed by atoms with van der Waals surface area (Å²) in [5.41, 5.74) is 1.95. The molecule has 3 aliphatic heterocycles. The number of aliphatic imine (C=N–C) groups is 1. The van der Waals surface area contributed by atoms with E-state index in [-0.39, 0.29) is 5.91 Å². The molecule has 0 bridgehead atoms. The molecule has 1 aromatic rings. The number of hydrogen-bond donors (Lipinski definition) is 1. The molecule has 0 aliphatic carbocycles. The normalized spacial score (nSPS) is 26.2. The lowest BCUT2D eigenvalue weighted by atomic mass is 10.1. The number of urea groups is 1. The van der Waals surface area contributed by atoms with Gasteiger partial charge in [0.1, 0.15) is 0 Å². The van der Waals surface area contributed by atoms with Crippen LogP contribution >= 0.6 is 11.6 Å². The summed E-state index contributed by atoms with van der Waals surface area (Å²) in [6.07, 6.45) is -0.477. The molecule has 0 radical (unpaired) electrons. The van der Waals surface area contributed by atoms with Crippen LogP contribution in [0.25, 0.3) is 0 Å². The van der Waals surface area contributed by atoms with E-state index in [4.69, 9.17) is 11.6 Å². The lowest BCUT2D eigenvalue weighted by Gasteiger charge is -2.34. The number of hydrogen-bond acceptors (Lipinski definition) is 5. The molecule has 0 aromatic heterocycles. The van der Waals surface area contributed by atoms with E-state index in [1.165, 1.54) is 4.90 Å². The largest absolute Gasteiger partial charge is 0.325 e. The predicted octanol–water partition coefficient (Wildman–Crippen LogP) is 1.02. The molecule has 3 aliphatic rings. The van der Waals surface area contributed by atoms with Crippen LogP contribution in [0.3, 0.4) is 0 Å². The minimum atomic E-state index is -0.477. The number of amides is 3. The number of aryl methyl sites for hydroxylation is 1. The first-order chi connectivity index (χ1) is 11.0. The Morgan fingerprint density at radius 2 is 2.09 bits per heavy atom. The van der Waals surface area contributed by atoms with Crippen molar-refractivity contribution in [2.24, 2.45) is 4.99 Å². The van der Waals surface area contributed by atoms with Gasteiger partial charge >= 0.3 is 6.03 Å². The minimum Gasteiger partial charge on any atom is -0.325 e. The first-order valence-corrected chi connectivity index (χ1v) is 7.81. The van der Waals surface area contributed by atoms with Crippen LogP contribution in [0, 0.1) is 6.92 Å². The molecule has 3 heterocycles. The van der Waals surface area contributed by atoms with Crippen molar-refractivity contribution < 1.29 is 9.59 Å². The van der Waals surface area contributed by atoms with Crippen LogP contribution in [-0.2, 0) is 4.79 Å². The zero-order valence-corrected chi connectivity index (χ0v) is 13.5. The van der Waals surface area contributed by atoms with Crippen LogP contribution in [0.1, 0.15) is 5.56 Å². The van der Waals surface area contributed by atoms with Crippen LogP contribution in [-0.4, -0.2) is 60.0 Å². The van der Waals surface area contributed by atoms with Gasteiger partial charge < -0.3 is 14.7 Å². The molecule has 2 saturated heterocycles. The van der Waals surface area contributed by atoms with Gasteiger partial charge in [-0.1, -0.05) is 17.7 Å². The molecule has 2 fully saturated rings. The Labute approximate surface area is 138 Å². The molecule has 2 unspecified atom stereocenters. The van der Waals surface area contributed by atoms with Gasteiger partial charge in [0.15, 0.2) is 12.2 Å². The highest BCUT2D eigenvalue weighted by Crippen LogP contribution is 2.32. The highest BCUT2D eigenvalue weighted by molar-refractivity contribution is 6.31. The van der Waals surface area contributed by atoms with E-state index in [9.17, 15) is 9.59 Å². The van der Waals surface area contributed by atoms with Gasteiger partial charge in [-0.25, -0.2) is 9.79 Å². The molecule has 120 valence electrons. The van der Waals surface area contributed by atoms with Gasteiger partial charge in [-0.05, 0) is 24.6 Å². The first kappa shape index (κ1) is 14.3. The second-order valence-corrected chi connectivity index (χ2v) is 6.38. The molecule has 1 aromatic carbocycles. The van der Waals surface area contributed by atoms with Crippen molar-refractivity contribution in [1.29, 1.82) is 0 Å². The molecular weight excluding hydrogens is 318 g/mol. The third-order valence-electron chi connectivity index (χ3n) is 4.61. The van der Waals surface area contributed by atoms with Crippen LogP contribution in [0.2, 0.25) is 5.02 Å². The fraction of sp³-hybridized carbons (Fsp3) is 0.400. The topological polar surface area (TPSA) is 68.2 Å². The van der Waals surface area contributed by atoms with Gasteiger partial charge in [0.05, 0.1) is 0 Å². The Balaban J connectivity index is 1.71. The number of guanidine groups is 1. The predicted molar refractivity (Wildman–Crippen MR) is 86.6 cm³/mol. The number of rotatable bonds is 1. The number of halogens is 1. The van der Waals surface area contributed by atoms with E-state index in [2.05, 4.69) is 10.3 Å². The molecule has 2 atom stereocenters. The van der Waals surface area contributed by atoms with Crippen molar-refractivity contribution in [3.05, 3.63) is 28.8 Å². The summed E-state index contributed by atoms with van der Waals surface area (Å²) in [6.45, 7) is 3.36. The van der Waals surface area contributed by atoms with Gasteiger partial charge in [0.2, 0.25) is 5.96 Å². The Bertz CT molecular complexity index is 749. The van der Waals surface area contributed by atoms with Crippen molar-refractivity contribution in [2.75, 3.05) is 25.0 Å². The lowest BCUT2D eigenvalue weighted by molar-refractivity contribution is -0.126. The number of fused-ring (bicyclic) bond motifs is 3. The third-order valence-corrected chi connectivity index (χ3v) is 5.02. The zero-order chi connectivity index (χ0) is 16.3. The van der Waals surface area contributed by atoms with Gasteiger partial charge in [-0.15, -0.1) is 0 Å². The average Bonchev–Trinajstić information content (AvgIpc) is 3.06. The zero-order valence-electron chi connectivity index (χ0n) is 12.8. The summed E-state index contributed by atoms with van der Waals surface area (Å²) in [6, 6.07) is 4.99. The number of likely N-dealkylation sites (N-methyl/N-ethyl adjacent to an activating group) is 1. The number of anilines is 1. The number of nitrogens with zero attached hydrogens (tertiary/aromatic N) is 4. The van der Waals surface area contributed by atoms with E-state index in [1.807, 2.05) is 34.9 Å². The number of carbonyl (C=O) groups excluding carboxylic acids is 2. The Hall–Kier alpha value is -2.28. The highest BCUT2D eigenvalue weighted by Gasteiger charge is 2.51. The first-order valence-electron chi connectivity index (χ1n) is 7.43. The fourth-order valence-electron chi connectivity index (χ4n) is 3.28. The van der Waals surface area contributed by atoms with Gasteiger partial charge in [-0.3, -0.25) is 10.1 Å². The fourth-order valence-corrected chi connectivity index (χ4v) is 3.45. The van der Waals surface area contributed by atoms with Crippen molar-refractivity contribution in [3.8, 4) is 0 Å².